The molecule has 3 aliphatic rings. The topological polar surface area (TPSA) is 71.9 Å². The summed E-state index contributed by atoms with van der Waals surface area (Å²) >= 11 is 0. The van der Waals surface area contributed by atoms with Crippen LogP contribution in [0, 0.1) is 0 Å². The van der Waals surface area contributed by atoms with Crippen LogP contribution in [0.4, 0.5) is 14.5 Å². The van der Waals surface area contributed by atoms with Crippen molar-refractivity contribution in [2.45, 2.75) is 76.6 Å². The third kappa shape index (κ3) is 4.92. The lowest BCUT2D eigenvalue weighted by atomic mass is 9.91. The predicted molar refractivity (Wildman–Crippen MR) is 123 cm³/mol. The molecule has 33 heavy (non-hydrogen) atoms. The molecule has 1 aromatic heterocycles. The number of rotatable bonds is 6. The van der Waals surface area contributed by atoms with Crippen molar-refractivity contribution in [3.05, 3.63) is 23.5 Å². The Morgan fingerprint density at radius 3 is 2.79 bits per heavy atom. The van der Waals surface area contributed by atoms with Gasteiger partial charge in [0.25, 0.3) is 5.92 Å². The predicted octanol–water partition coefficient (Wildman–Crippen LogP) is 2.28. The lowest BCUT2D eigenvalue weighted by Crippen LogP contribution is -2.61. The molecule has 4 rings (SSSR count). The molecule has 2 N–H and O–H groups in total. The molecule has 1 unspecified atom stereocenters. The highest BCUT2D eigenvalue weighted by Crippen LogP contribution is 2.42. The fourth-order valence-corrected chi connectivity index (χ4v) is 5.32. The molecule has 9 heteroatoms. The minimum absolute atomic E-state index is 0.0957. The maximum atomic E-state index is 14.4. The van der Waals surface area contributed by atoms with Crippen LogP contribution in [0.25, 0.3) is 0 Å². The second-order valence-electron chi connectivity index (χ2n) is 10.5. The van der Waals surface area contributed by atoms with Crippen LogP contribution in [0.2, 0.25) is 0 Å². The van der Waals surface area contributed by atoms with Crippen LogP contribution in [-0.4, -0.2) is 83.4 Å². The Bertz CT molecular complexity index is 880. The molecule has 184 valence electrons. The molecule has 2 fully saturated rings. The van der Waals surface area contributed by atoms with E-state index < -0.39 is 17.6 Å². The number of halogens is 2. The summed E-state index contributed by atoms with van der Waals surface area (Å²) < 4.78 is 28.8. The molecule has 3 atom stereocenters. The quantitative estimate of drug-likeness (QED) is 0.672. The zero-order valence-corrected chi connectivity index (χ0v) is 20.2. The summed E-state index contributed by atoms with van der Waals surface area (Å²) in [6.45, 7) is 11.2. The van der Waals surface area contributed by atoms with E-state index in [-0.39, 0.29) is 36.5 Å². The molecule has 1 aromatic rings. The van der Waals surface area contributed by atoms with Crippen molar-refractivity contribution >= 4 is 11.6 Å². The standard InChI is InChI=1S/C24H37F2N5O2/c1-5-24(25,26)17-9-19-22(28-10-17)23(3,4)15-31(19)21(33)14-30-12-16(2)27-11-18(30)13-29-8-6-7-20(29)32/h9-10,16,18,20,27,32H,5-8,11-15H2,1-4H3/t16-,18-,20?/m1/s1. The van der Waals surface area contributed by atoms with Gasteiger partial charge in [-0.05, 0) is 25.8 Å². The molecule has 3 aliphatic heterocycles. The van der Waals surface area contributed by atoms with Gasteiger partial charge in [-0.15, -0.1) is 0 Å². The number of pyridine rings is 1. The number of aromatic nitrogens is 1. The number of nitrogens with zero attached hydrogens (tertiary/aromatic N) is 4. The van der Waals surface area contributed by atoms with Crippen molar-refractivity contribution < 1.29 is 18.7 Å². The van der Waals surface area contributed by atoms with Crippen LogP contribution in [0.3, 0.4) is 0 Å². The Kier molecular flexibility index (Phi) is 6.79. The van der Waals surface area contributed by atoms with Gasteiger partial charge < -0.3 is 15.3 Å². The SMILES string of the molecule is CCC(F)(F)c1cnc2c(c1)N(C(=O)CN1C[C@@H](C)NC[C@@H]1CN1CCCC1O)CC2(C)C. The average molecular weight is 466 g/mol. The summed E-state index contributed by atoms with van der Waals surface area (Å²) in [4.78, 5) is 23.8. The zero-order valence-electron chi connectivity index (χ0n) is 20.2. The maximum Gasteiger partial charge on any atom is 0.274 e. The molecule has 0 aromatic carbocycles. The van der Waals surface area contributed by atoms with E-state index in [9.17, 15) is 18.7 Å². The molecular weight excluding hydrogens is 428 g/mol. The van der Waals surface area contributed by atoms with E-state index in [1.54, 1.807) is 4.90 Å². The van der Waals surface area contributed by atoms with Gasteiger partial charge in [-0.3, -0.25) is 19.6 Å². The smallest absolute Gasteiger partial charge is 0.274 e. The van der Waals surface area contributed by atoms with Crippen molar-refractivity contribution in [2.75, 3.05) is 44.2 Å². The van der Waals surface area contributed by atoms with Crippen molar-refractivity contribution in [1.29, 1.82) is 0 Å². The normalized spacial score (nSPS) is 28.3. The van der Waals surface area contributed by atoms with Crippen LogP contribution < -0.4 is 10.2 Å². The first-order chi connectivity index (χ1) is 15.5. The second-order valence-corrected chi connectivity index (χ2v) is 10.5. The summed E-state index contributed by atoms with van der Waals surface area (Å²) in [5.74, 6) is -3.07. The van der Waals surface area contributed by atoms with Gasteiger partial charge in [0, 0.05) is 68.4 Å². The molecule has 0 radical (unpaired) electrons. The van der Waals surface area contributed by atoms with Gasteiger partial charge in [-0.2, -0.15) is 0 Å². The molecule has 4 heterocycles. The third-order valence-electron chi connectivity index (χ3n) is 7.36. The van der Waals surface area contributed by atoms with E-state index in [1.165, 1.54) is 19.2 Å². The minimum atomic E-state index is -2.97. The molecule has 7 nitrogen and oxygen atoms in total. The summed E-state index contributed by atoms with van der Waals surface area (Å²) in [7, 11) is 0. The number of amides is 1. The van der Waals surface area contributed by atoms with Crippen LogP contribution in [0.1, 0.15) is 58.2 Å². The number of fused-ring (bicyclic) bond motifs is 1. The van der Waals surface area contributed by atoms with Gasteiger partial charge in [0.15, 0.2) is 0 Å². The average Bonchev–Trinajstić information content (AvgIpc) is 3.29. The summed E-state index contributed by atoms with van der Waals surface area (Å²) in [6.07, 6.45) is 2.29. The number of alkyl halides is 2. The van der Waals surface area contributed by atoms with E-state index in [2.05, 4.69) is 27.0 Å². The number of piperazine rings is 1. The van der Waals surface area contributed by atoms with E-state index >= 15 is 0 Å². The van der Waals surface area contributed by atoms with Crippen LogP contribution in [-0.2, 0) is 16.1 Å². The lowest BCUT2D eigenvalue weighted by molar-refractivity contribution is -0.121. The van der Waals surface area contributed by atoms with Crippen molar-refractivity contribution in [2.24, 2.45) is 0 Å². The van der Waals surface area contributed by atoms with Gasteiger partial charge in [-0.25, -0.2) is 8.78 Å². The Labute approximate surface area is 195 Å². The van der Waals surface area contributed by atoms with Gasteiger partial charge in [0.2, 0.25) is 5.91 Å². The van der Waals surface area contributed by atoms with Crippen molar-refractivity contribution in [3.63, 3.8) is 0 Å². The Hall–Kier alpha value is -1.68. The summed E-state index contributed by atoms with van der Waals surface area (Å²) in [6, 6.07) is 1.80. The number of anilines is 1. The number of likely N-dealkylation sites (tertiary alicyclic amines) is 1. The fourth-order valence-electron chi connectivity index (χ4n) is 5.32. The number of aliphatic hydroxyl groups is 1. The monoisotopic (exact) mass is 465 g/mol. The third-order valence-corrected chi connectivity index (χ3v) is 7.36. The van der Waals surface area contributed by atoms with Crippen molar-refractivity contribution in [3.8, 4) is 0 Å². The van der Waals surface area contributed by atoms with E-state index in [4.69, 9.17) is 0 Å². The van der Waals surface area contributed by atoms with E-state index in [0.29, 0.717) is 24.5 Å². The van der Waals surface area contributed by atoms with E-state index in [1.807, 2.05) is 13.8 Å². The van der Waals surface area contributed by atoms with Gasteiger partial charge in [0.1, 0.15) is 6.23 Å². The molecule has 0 saturated carbocycles. The molecule has 0 spiro atoms. The lowest BCUT2D eigenvalue weighted by Gasteiger charge is -2.41. The minimum Gasteiger partial charge on any atom is -0.378 e. The number of carbonyl (C=O) groups excluding carboxylic acids is 1. The Morgan fingerprint density at radius 1 is 1.36 bits per heavy atom. The van der Waals surface area contributed by atoms with Gasteiger partial charge >= 0.3 is 0 Å². The number of carbonyl (C=O) groups is 1. The second kappa shape index (κ2) is 9.17. The maximum absolute atomic E-state index is 14.4. The number of nitrogens with one attached hydrogen (secondary N) is 1. The fraction of sp³-hybridized carbons (Fsp3) is 0.750. The van der Waals surface area contributed by atoms with Gasteiger partial charge in [-0.1, -0.05) is 20.8 Å². The first kappa shape index (κ1) is 24.4. The Balaban J connectivity index is 1.54. The van der Waals surface area contributed by atoms with Crippen LogP contribution in [0.15, 0.2) is 12.3 Å². The Morgan fingerprint density at radius 2 is 2.12 bits per heavy atom. The number of hydrogen-bond donors (Lipinski definition) is 2. The van der Waals surface area contributed by atoms with Crippen molar-refractivity contribution in [1.82, 2.24) is 20.1 Å². The van der Waals surface area contributed by atoms with E-state index in [0.717, 1.165) is 32.5 Å². The molecule has 0 bridgehead atoms. The highest BCUT2D eigenvalue weighted by atomic mass is 19.3. The molecular formula is C24H37F2N5O2. The number of aliphatic hydroxyl groups excluding tert-OH is 1. The zero-order chi connectivity index (χ0) is 24.0. The first-order valence-electron chi connectivity index (χ1n) is 12.1. The first-order valence-corrected chi connectivity index (χ1v) is 12.1. The molecule has 0 aliphatic carbocycles. The molecule has 2 saturated heterocycles. The van der Waals surface area contributed by atoms with Crippen LogP contribution in [0.5, 0.6) is 0 Å². The van der Waals surface area contributed by atoms with Gasteiger partial charge in [0.05, 0.1) is 17.9 Å². The summed E-state index contributed by atoms with van der Waals surface area (Å²) in [5, 5.41) is 13.7. The molecule has 1 amide bonds. The number of hydrogen-bond acceptors (Lipinski definition) is 6. The summed E-state index contributed by atoms with van der Waals surface area (Å²) in [5.41, 5.74) is 0.652. The highest BCUT2D eigenvalue weighted by Gasteiger charge is 2.42. The largest absolute Gasteiger partial charge is 0.378 e. The highest BCUT2D eigenvalue weighted by molar-refractivity contribution is 5.97. The van der Waals surface area contributed by atoms with Crippen LogP contribution >= 0.6 is 0 Å².